The van der Waals surface area contributed by atoms with Crippen molar-refractivity contribution in [2.45, 2.75) is 12.5 Å². The fourth-order valence-electron chi connectivity index (χ4n) is 2.06. The first kappa shape index (κ1) is 11.1. The quantitative estimate of drug-likeness (QED) is 0.629. The Balaban J connectivity index is 2.01. The van der Waals surface area contributed by atoms with E-state index in [2.05, 4.69) is 15.4 Å². The molecule has 1 aromatic carbocycles. The number of nitrogens with zero attached hydrogens (tertiary/aromatic N) is 2. The highest BCUT2D eigenvalue weighted by atomic mass is 16.5. The number of rotatable bonds is 3. The third-order valence-corrected chi connectivity index (χ3v) is 2.95. The molecule has 1 unspecified atom stereocenters. The Bertz CT molecular complexity index is 596. The molecule has 92 valence electrons. The van der Waals surface area contributed by atoms with Crippen molar-refractivity contribution >= 4 is 11.0 Å². The van der Waals surface area contributed by atoms with Crippen LogP contribution >= 0.6 is 0 Å². The molecule has 1 aliphatic heterocycles. The molecule has 5 heteroatoms. The smallest absolute Gasteiger partial charge is 0.122 e. The van der Waals surface area contributed by atoms with Gasteiger partial charge in [-0.25, -0.2) is 10.4 Å². The van der Waals surface area contributed by atoms with E-state index in [1.165, 1.54) is 0 Å². The first-order valence-electron chi connectivity index (χ1n) is 5.89. The Morgan fingerprint density at radius 1 is 1.28 bits per heavy atom. The van der Waals surface area contributed by atoms with Gasteiger partial charge in [0.2, 0.25) is 0 Å². The standard InChI is InChI=1S/C13H14N4O/c14-17-13(12-6-3-7-18-12)11-8-15-9-4-1-2-5-10(9)16-11/h1-2,4-6,8,13,17H,3,7,14H2. The molecule has 0 amide bonds. The van der Waals surface area contributed by atoms with Crippen molar-refractivity contribution in [2.24, 2.45) is 5.84 Å². The molecule has 0 saturated heterocycles. The summed E-state index contributed by atoms with van der Waals surface area (Å²) in [7, 11) is 0. The van der Waals surface area contributed by atoms with E-state index in [0.29, 0.717) is 6.61 Å². The van der Waals surface area contributed by atoms with Crippen LogP contribution in [0.25, 0.3) is 11.0 Å². The minimum absolute atomic E-state index is 0.232. The summed E-state index contributed by atoms with van der Waals surface area (Å²) in [6.45, 7) is 0.703. The maximum absolute atomic E-state index is 5.59. The Hall–Kier alpha value is -1.98. The third-order valence-electron chi connectivity index (χ3n) is 2.95. The predicted molar refractivity (Wildman–Crippen MR) is 68.3 cm³/mol. The molecule has 0 spiro atoms. The van der Waals surface area contributed by atoms with Crippen LogP contribution in [0.2, 0.25) is 0 Å². The molecule has 18 heavy (non-hydrogen) atoms. The molecule has 3 rings (SSSR count). The number of nitrogens with two attached hydrogens (primary N) is 1. The van der Waals surface area contributed by atoms with Crippen LogP contribution in [0.1, 0.15) is 18.2 Å². The van der Waals surface area contributed by atoms with Crippen molar-refractivity contribution in [3.05, 3.63) is 48.0 Å². The zero-order chi connectivity index (χ0) is 12.4. The van der Waals surface area contributed by atoms with Crippen molar-refractivity contribution in [1.82, 2.24) is 15.4 Å². The average molecular weight is 242 g/mol. The summed E-state index contributed by atoms with van der Waals surface area (Å²) in [5, 5.41) is 0. The second-order valence-electron chi connectivity index (χ2n) is 4.13. The molecular weight excluding hydrogens is 228 g/mol. The minimum Gasteiger partial charge on any atom is -0.496 e. The highest BCUT2D eigenvalue weighted by Crippen LogP contribution is 2.25. The first-order valence-corrected chi connectivity index (χ1v) is 5.89. The maximum Gasteiger partial charge on any atom is 0.122 e. The van der Waals surface area contributed by atoms with Crippen molar-refractivity contribution in [3.8, 4) is 0 Å². The molecule has 1 aliphatic rings. The van der Waals surface area contributed by atoms with E-state index in [1.54, 1.807) is 6.20 Å². The van der Waals surface area contributed by atoms with Crippen LogP contribution in [0, 0.1) is 0 Å². The molecule has 1 atom stereocenters. The molecule has 2 heterocycles. The molecule has 3 N–H and O–H groups in total. The fourth-order valence-corrected chi connectivity index (χ4v) is 2.06. The van der Waals surface area contributed by atoms with Gasteiger partial charge in [-0.3, -0.25) is 10.8 Å². The van der Waals surface area contributed by atoms with E-state index in [4.69, 9.17) is 10.6 Å². The average Bonchev–Trinajstić information content (AvgIpc) is 2.93. The largest absolute Gasteiger partial charge is 0.496 e. The molecular formula is C13H14N4O. The van der Waals surface area contributed by atoms with Crippen LogP contribution < -0.4 is 11.3 Å². The summed E-state index contributed by atoms with van der Waals surface area (Å²) < 4.78 is 5.52. The summed E-state index contributed by atoms with van der Waals surface area (Å²) >= 11 is 0. The highest BCUT2D eigenvalue weighted by Gasteiger charge is 2.21. The van der Waals surface area contributed by atoms with Gasteiger partial charge >= 0.3 is 0 Å². The minimum atomic E-state index is -0.232. The second-order valence-corrected chi connectivity index (χ2v) is 4.13. The molecule has 2 aromatic rings. The monoisotopic (exact) mass is 242 g/mol. The molecule has 0 saturated carbocycles. The SMILES string of the molecule is NNC(C1=CCCO1)c1cnc2ccccc2n1. The van der Waals surface area contributed by atoms with Crippen LogP contribution in [-0.2, 0) is 4.74 Å². The zero-order valence-electron chi connectivity index (χ0n) is 9.84. The predicted octanol–water partition coefficient (Wildman–Crippen LogP) is 1.44. The maximum atomic E-state index is 5.59. The molecule has 0 radical (unpaired) electrons. The molecule has 5 nitrogen and oxygen atoms in total. The van der Waals surface area contributed by atoms with Crippen LogP contribution in [0.15, 0.2) is 42.3 Å². The third kappa shape index (κ3) is 1.94. The lowest BCUT2D eigenvalue weighted by Crippen LogP contribution is -2.30. The highest BCUT2D eigenvalue weighted by molar-refractivity contribution is 5.73. The number of ether oxygens (including phenoxy) is 1. The van der Waals surface area contributed by atoms with Crippen LogP contribution in [-0.4, -0.2) is 16.6 Å². The molecule has 1 aromatic heterocycles. The first-order chi connectivity index (χ1) is 8.88. The van der Waals surface area contributed by atoms with E-state index in [0.717, 1.165) is 28.9 Å². The topological polar surface area (TPSA) is 73.1 Å². The molecule has 0 bridgehead atoms. The Morgan fingerprint density at radius 2 is 2.11 bits per heavy atom. The van der Waals surface area contributed by atoms with Gasteiger partial charge in [-0.1, -0.05) is 12.1 Å². The Labute approximate surface area is 105 Å². The van der Waals surface area contributed by atoms with E-state index < -0.39 is 0 Å². The van der Waals surface area contributed by atoms with Gasteiger partial charge in [-0.2, -0.15) is 0 Å². The Kier molecular flexibility index (Phi) is 2.92. The number of hydrogen-bond donors (Lipinski definition) is 2. The van der Waals surface area contributed by atoms with E-state index in [-0.39, 0.29) is 6.04 Å². The Morgan fingerprint density at radius 3 is 2.83 bits per heavy atom. The number of para-hydroxylation sites is 2. The van der Waals surface area contributed by atoms with Gasteiger partial charge in [0.25, 0.3) is 0 Å². The van der Waals surface area contributed by atoms with E-state index >= 15 is 0 Å². The van der Waals surface area contributed by atoms with Gasteiger partial charge in [0.05, 0.1) is 29.5 Å². The second kappa shape index (κ2) is 4.72. The number of fused-ring (bicyclic) bond motifs is 1. The number of hydrogen-bond acceptors (Lipinski definition) is 5. The number of aromatic nitrogens is 2. The lowest BCUT2D eigenvalue weighted by Gasteiger charge is -2.16. The summed E-state index contributed by atoms with van der Waals surface area (Å²) in [5.41, 5.74) is 5.23. The van der Waals surface area contributed by atoms with Crippen molar-refractivity contribution in [1.29, 1.82) is 0 Å². The lowest BCUT2D eigenvalue weighted by molar-refractivity contribution is 0.214. The van der Waals surface area contributed by atoms with Crippen molar-refractivity contribution in [2.75, 3.05) is 6.61 Å². The van der Waals surface area contributed by atoms with Crippen molar-refractivity contribution < 1.29 is 4.74 Å². The summed E-state index contributed by atoms with van der Waals surface area (Å²) in [6, 6.07) is 7.52. The van der Waals surface area contributed by atoms with Crippen LogP contribution in [0.4, 0.5) is 0 Å². The molecule has 0 aliphatic carbocycles. The van der Waals surface area contributed by atoms with Gasteiger partial charge in [0, 0.05) is 6.42 Å². The van der Waals surface area contributed by atoms with Gasteiger partial charge in [-0.15, -0.1) is 0 Å². The van der Waals surface area contributed by atoms with E-state index in [1.807, 2.05) is 30.3 Å². The fraction of sp³-hybridized carbons (Fsp3) is 0.231. The van der Waals surface area contributed by atoms with Crippen LogP contribution in [0.5, 0.6) is 0 Å². The summed E-state index contributed by atoms with van der Waals surface area (Å²) in [6.07, 6.45) is 4.67. The normalized spacial score (nSPS) is 16.4. The van der Waals surface area contributed by atoms with E-state index in [9.17, 15) is 0 Å². The van der Waals surface area contributed by atoms with Gasteiger partial charge in [0.15, 0.2) is 0 Å². The number of benzene rings is 1. The van der Waals surface area contributed by atoms with Gasteiger partial charge in [-0.05, 0) is 18.2 Å². The molecule has 0 fully saturated rings. The summed E-state index contributed by atoms with van der Waals surface area (Å²) in [4.78, 5) is 8.95. The lowest BCUT2D eigenvalue weighted by atomic mass is 10.1. The number of nitrogens with one attached hydrogen (secondary N) is 1. The van der Waals surface area contributed by atoms with Crippen LogP contribution in [0.3, 0.4) is 0 Å². The summed E-state index contributed by atoms with van der Waals surface area (Å²) in [5.74, 6) is 6.41. The zero-order valence-corrected chi connectivity index (χ0v) is 9.84. The van der Waals surface area contributed by atoms with Gasteiger partial charge < -0.3 is 4.74 Å². The van der Waals surface area contributed by atoms with Gasteiger partial charge in [0.1, 0.15) is 11.8 Å². The number of hydrazine groups is 1. The van der Waals surface area contributed by atoms with Crippen molar-refractivity contribution in [3.63, 3.8) is 0 Å².